The number of carboxylic acid groups (broad SMARTS) is 1. The Morgan fingerprint density at radius 1 is 1.28 bits per heavy atom. The van der Waals surface area contributed by atoms with Crippen LogP contribution in [0.5, 0.6) is 0 Å². The van der Waals surface area contributed by atoms with Gasteiger partial charge in [-0.1, -0.05) is 6.07 Å². The highest BCUT2D eigenvalue weighted by atomic mass is 16.4. The molecule has 25 heavy (non-hydrogen) atoms. The fraction of sp³-hybridized carbons (Fsp3) is 0.412. The van der Waals surface area contributed by atoms with Gasteiger partial charge in [-0.25, -0.2) is 4.52 Å². The normalized spacial score (nSPS) is 15.3. The quantitative estimate of drug-likeness (QED) is 0.882. The van der Waals surface area contributed by atoms with E-state index in [9.17, 15) is 14.4 Å². The van der Waals surface area contributed by atoms with Gasteiger partial charge in [-0.15, -0.1) is 0 Å². The fourth-order valence-corrected chi connectivity index (χ4v) is 3.06. The second-order valence-electron chi connectivity index (χ2n) is 6.24. The molecule has 0 aliphatic carbocycles. The molecule has 0 atom stereocenters. The van der Waals surface area contributed by atoms with Gasteiger partial charge in [0.1, 0.15) is 0 Å². The average molecular weight is 344 g/mol. The molecule has 1 fully saturated rings. The van der Waals surface area contributed by atoms with Gasteiger partial charge < -0.3 is 14.9 Å². The molecular weight excluding hydrogens is 324 g/mol. The van der Waals surface area contributed by atoms with Gasteiger partial charge in [0.15, 0.2) is 0 Å². The maximum absolute atomic E-state index is 12.6. The molecule has 0 unspecified atom stereocenters. The summed E-state index contributed by atoms with van der Waals surface area (Å²) in [5, 5.41) is 13.1. The van der Waals surface area contributed by atoms with E-state index in [0.29, 0.717) is 37.0 Å². The van der Waals surface area contributed by atoms with Gasteiger partial charge >= 0.3 is 5.97 Å². The summed E-state index contributed by atoms with van der Waals surface area (Å²) in [5.74, 6) is -1.64. The van der Waals surface area contributed by atoms with Crippen molar-refractivity contribution in [1.29, 1.82) is 0 Å². The van der Waals surface area contributed by atoms with Gasteiger partial charge in [0, 0.05) is 26.3 Å². The molecule has 0 radical (unpaired) electrons. The molecule has 0 saturated carbocycles. The highest BCUT2D eigenvalue weighted by molar-refractivity contribution is 6.01. The lowest BCUT2D eigenvalue weighted by Gasteiger charge is -2.31. The van der Waals surface area contributed by atoms with Gasteiger partial charge in [-0.2, -0.15) is 5.10 Å². The zero-order chi connectivity index (χ0) is 18.0. The number of aromatic nitrogens is 2. The van der Waals surface area contributed by atoms with Gasteiger partial charge in [0.2, 0.25) is 5.91 Å². The van der Waals surface area contributed by atoms with Crippen molar-refractivity contribution in [2.45, 2.75) is 12.8 Å². The average Bonchev–Trinajstić information content (AvgIpc) is 3.05. The molecule has 2 amide bonds. The molecule has 3 rings (SSSR count). The lowest BCUT2D eigenvalue weighted by atomic mass is 9.97. The lowest BCUT2D eigenvalue weighted by Crippen LogP contribution is -2.45. The van der Waals surface area contributed by atoms with Crippen molar-refractivity contribution in [3.8, 4) is 0 Å². The smallest absolute Gasteiger partial charge is 0.306 e. The van der Waals surface area contributed by atoms with Gasteiger partial charge in [-0.3, -0.25) is 14.4 Å². The van der Waals surface area contributed by atoms with Crippen molar-refractivity contribution >= 4 is 23.3 Å². The van der Waals surface area contributed by atoms with Crippen LogP contribution in [0.3, 0.4) is 0 Å². The number of pyridine rings is 1. The second kappa shape index (κ2) is 6.92. The van der Waals surface area contributed by atoms with E-state index in [2.05, 4.69) is 5.10 Å². The third-order valence-corrected chi connectivity index (χ3v) is 4.57. The number of aliphatic carboxylic acids is 1. The molecule has 2 aromatic heterocycles. The van der Waals surface area contributed by atoms with Crippen LogP contribution in [0.1, 0.15) is 23.2 Å². The minimum absolute atomic E-state index is 0.0409. The summed E-state index contributed by atoms with van der Waals surface area (Å²) in [4.78, 5) is 39.0. The van der Waals surface area contributed by atoms with Crippen molar-refractivity contribution in [3.05, 3.63) is 36.2 Å². The first kappa shape index (κ1) is 16.9. The van der Waals surface area contributed by atoms with Crippen molar-refractivity contribution in [3.63, 3.8) is 0 Å². The number of nitrogens with zero attached hydrogens (tertiary/aromatic N) is 4. The molecule has 132 valence electrons. The van der Waals surface area contributed by atoms with Gasteiger partial charge in [0.05, 0.1) is 29.7 Å². The number of carbonyl (C=O) groups is 3. The molecule has 1 aliphatic rings. The van der Waals surface area contributed by atoms with Crippen LogP contribution in [0, 0.1) is 5.92 Å². The molecular formula is C17H20N4O4. The van der Waals surface area contributed by atoms with E-state index in [1.54, 1.807) is 28.7 Å². The van der Waals surface area contributed by atoms with E-state index >= 15 is 0 Å². The van der Waals surface area contributed by atoms with Gasteiger partial charge in [-0.05, 0) is 25.0 Å². The Bertz CT molecular complexity index is 808. The molecule has 1 saturated heterocycles. The van der Waals surface area contributed by atoms with Crippen molar-refractivity contribution in [1.82, 2.24) is 19.4 Å². The number of likely N-dealkylation sites (N-methyl/N-ethyl adjacent to an activating group) is 1. The number of carboxylic acids is 1. The number of likely N-dealkylation sites (tertiary alicyclic amines) is 1. The summed E-state index contributed by atoms with van der Waals surface area (Å²) in [6.07, 6.45) is 4.15. The number of amides is 2. The van der Waals surface area contributed by atoms with E-state index in [4.69, 9.17) is 5.11 Å². The van der Waals surface area contributed by atoms with Crippen molar-refractivity contribution in [2.24, 2.45) is 5.92 Å². The summed E-state index contributed by atoms with van der Waals surface area (Å²) in [7, 11) is 1.58. The fourth-order valence-electron chi connectivity index (χ4n) is 3.06. The predicted molar refractivity (Wildman–Crippen MR) is 89.1 cm³/mol. The Kier molecular flexibility index (Phi) is 4.69. The maximum atomic E-state index is 12.6. The minimum Gasteiger partial charge on any atom is -0.481 e. The van der Waals surface area contributed by atoms with E-state index in [0.717, 1.165) is 0 Å². The summed E-state index contributed by atoms with van der Waals surface area (Å²) < 4.78 is 1.61. The van der Waals surface area contributed by atoms with Gasteiger partial charge in [0.25, 0.3) is 5.91 Å². The van der Waals surface area contributed by atoms with Crippen LogP contribution in [0.2, 0.25) is 0 Å². The van der Waals surface area contributed by atoms with Crippen molar-refractivity contribution in [2.75, 3.05) is 26.7 Å². The molecule has 0 bridgehead atoms. The number of carbonyl (C=O) groups excluding carboxylic acids is 2. The number of hydrogen-bond acceptors (Lipinski definition) is 4. The van der Waals surface area contributed by atoms with Crippen LogP contribution in [-0.2, 0) is 9.59 Å². The van der Waals surface area contributed by atoms with E-state index in [1.165, 1.54) is 11.1 Å². The largest absolute Gasteiger partial charge is 0.481 e. The predicted octanol–water partition coefficient (Wildman–Crippen LogP) is 0.730. The first-order valence-corrected chi connectivity index (χ1v) is 8.16. The standard InChI is InChI=1S/C17H20N4O4/c1-19(11-15(22)20-8-5-12(6-9-20)17(24)25)16(23)13-10-18-21-7-3-2-4-14(13)21/h2-4,7,10,12H,5-6,8-9,11H2,1H3,(H,24,25). The van der Waals surface area contributed by atoms with Crippen LogP contribution >= 0.6 is 0 Å². The molecule has 0 spiro atoms. The zero-order valence-corrected chi connectivity index (χ0v) is 14.0. The van der Waals surface area contributed by atoms with Crippen LogP contribution in [0.25, 0.3) is 5.52 Å². The molecule has 1 aliphatic heterocycles. The minimum atomic E-state index is -0.813. The highest BCUT2D eigenvalue weighted by Crippen LogP contribution is 2.18. The molecule has 8 heteroatoms. The Morgan fingerprint density at radius 3 is 2.68 bits per heavy atom. The first-order valence-electron chi connectivity index (χ1n) is 8.16. The summed E-state index contributed by atoms with van der Waals surface area (Å²) in [5.41, 5.74) is 1.13. The van der Waals surface area contributed by atoms with Crippen LogP contribution < -0.4 is 0 Å². The molecule has 2 aromatic rings. The monoisotopic (exact) mass is 344 g/mol. The van der Waals surface area contributed by atoms with E-state index in [1.807, 2.05) is 12.1 Å². The van der Waals surface area contributed by atoms with Crippen molar-refractivity contribution < 1.29 is 19.5 Å². The first-order chi connectivity index (χ1) is 12.0. The Labute approximate surface area is 144 Å². The third kappa shape index (κ3) is 3.47. The van der Waals surface area contributed by atoms with E-state index in [-0.39, 0.29) is 24.3 Å². The number of fused-ring (bicyclic) bond motifs is 1. The Morgan fingerprint density at radius 2 is 2.00 bits per heavy atom. The Balaban J connectivity index is 1.62. The molecule has 1 N–H and O–H groups in total. The SMILES string of the molecule is CN(CC(=O)N1CCC(C(=O)O)CC1)C(=O)c1cnn2ccccc12. The number of hydrogen-bond donors (Lipinski definition) is 1. The third-order valence-electron chi connectivity index (χ3n) is 4.57. The summed E-state index contributed by atoms with van der Waals surface area (Å²) in [6.45, 7) is 0.782. The maximum Gasteiger partial charge on any atom is 0.306 e. The van der Waals surface area contributed by atoms with Crippen LogP contribution in [-0.4, -0.2) is 69.0 Å². The van der Waals surface area contributed by atoms with Crippen LogP contribution in [0.15, 0.2) is 30.6 Å². The summed E-state index contributed by atoms with van der Waals surface area (Å²) in [6, 6.07) is 5.44. The second-order valence-corrected chi connectivity index (χ2v) is 6.24. The molecule has 8 nitrogen and oxygen atoms in total. The number of piperidine rings is 1. The van der Waals surface area contributed by atoms with Crippen LogP contribution in [0.4, 0.5) is 0 Å². The zero-order valence-electron chi connectivity index (χ0n) is 14.0. The van der Waals surface area contributed by atoms with E-state index < -0.39 is 5.97 Å². The Hall–Kier alpha value is -2.90. The molecule has 0 aromatic carbocycles. The summed E-state index contributed by atoms with van der Waals surface area (Å²) >= 11 is 0. The number of rotatable bonds is 4. The lowest BCUT2D eigenvalue weighted by molar-refractivity contribution is -0.145. The topological polar surface area (TPSA) is 95.2 Å². The molecule has 3 heterocycles. The highest BCUT2D eigenvalue weighted by Gasteiger charge is 2.28.